The molecule has 0 aromatic rings. The molecule has 0 heterocycles. The molecule has 0 saturated heterocycles. The summed E-state index contributed by atoms with van der Waals surface area (Å²) < 4.78 is 5.14. The van der Waals surface area contributed by atoms with Crippen molar-refractivity contribution in [1.29, 1.82) is 0 Å². The summed E-state index contributed by atoms with van der Waals surface area (Å²) in [5.74, 6) is 2.72. The number of rotatable bonds is 4. The van der Waals surface area contributed by atoms with Crippen LogP contribution in [-0.2, 0) is 9.53 Å². The monoisotopic (exact) mass is 251 g/mol. The van der Waals surface area contributed by atoms with Crippen molar-refractivity contribution in [2.75, 3.05) is 0 Å². The molecule has 1 aliphatic rings. The van der Waals surface area contributed by atoms with E-state index in [1.54, 1.807) is 0 Å². The molecule has 0 bridgehead atoms. The molecule has 1 rings (SSSR count). The highest BCUT2D eigenvalue weighted by atomic mass is 16.6. The van der Waals surface area contributed by atoms with Gasteiger partial charge in [-0.25, -0.2) is 4.79 Å². The minimum absolute atomic E-state index is 0.0540. The van der Waals surface area contributed by atoms with Crippen LogP contribution in [0.25, 0.3) is 0 Å². The second kappa shape index (κ2) is 5.90. The molecular weight excluding hydrogens is 230 g/mol. The smallest absolute Gasteiger partial charge is 0.407 e. The van der Waals surface area contributed by atoms with Crippen LogP contribution in [0.15, 0.2) is 0 Å². The summed E-state index contributed by atoms with van der Waals surface area (Å²) >= 11 is 0. The predicted octanol–water partition coefficient (Wildman–Crippen LogP) is 2.27. The van der Waals surface area contributed by atoms with E-state index < -0.39 is 11.7 Å². The average molecular weight is 251 g/mol. The quantitative estimate of drug-likeness (QED) is 0.780. The highest BCUT2D eigenvalue weighted by Crippen LogP contribution is 2.29. The first-order valence-electron chi connectivity index (χ1n) is 6.27. The molecule has 1 fully saturated rings. The molecule has 1 saturated carbocycles. The van der Waals surface area contributed by atoms with Gasteiger partial charge in [-0.15, -0.1) is 12.3 Å². The van der Waals surface area contributed by atoms with Gasteiger partial charge in [0, 0.05) is 24.8 Å². The third-order valence-corrected chi connectivity index (χ3v) is 2.83. The normalized spacial score (nSPS) is 22.6. The van der Waals surface area contributed by atoms with Gasteiger partial charge in [-0.05, 0) is 33.6 Å². The third kappa shape index (κ3) is 4.79. The van der Waals surface area contributed by atoms with Crippen LogP contribution in [0.1, 0.15) is 46.5 Å². The van der Waals surface area contributed by atoms with Crippen LogP contribution in [0.4, 0.5) is 4.79 Å². The zero-order valence-electron chi connectivity index (χ0n) is 11.3. The van der Waals surface area contributed by atoms with E-state index in [0.717, 1.165) is 0 Å². The van der Waals surface area contributed by atoms with E-state index >= 15 is 0 Å². The summed E-state index contributed by atoms with van der Waals surface area (Å²) in [6, 6.07) is 0.0552. The highest BCUT2D eigenvalue weighted by molar-refractivity contribution is 5.82. The first-order chi connectivity index (χ1) is 8.31. The molecule has 18 heavy (non-hydrogen) atoms. The van der Waals surface area contributed by atoms with Crippen molar-refractivity contribution < 1.29 is 14.3 Å². The molecule has 0 aromatic carbocycles. The summed E-state index contributed by atoms with van der Waals surface area (Å²) in [4.78, 5) is 23.1. The van der Waals surface area contributed by atoms with Crippen LogP contribution < -0.4 is 5.32 Å². The van der Waals surface area contributed by atoms with E-state index in [1.165, 1.54) is 0 Å². The van der Waals surface area contributed by atoms with Crippen LogP contribution in [0.5, 0.6) is 0 Å². The lowest BCUT2D eigenvalue weighted by atomic mass is 9.76. The molecule has 0 spiro atoms. The second-order valence-corrected chi connectivity index (χ2v) is 5.68. The first-order valence-corrected chi connectivity index (χ1v) is 6.27. The molecular formula is C14H21NO3. The maximum absolute atomic E-state index is 11.6. The van der Waals surface area contributed by atoms with E-state index in [9.17, 15) is 9.59 Å². The minimum Gasteiger partial charge on any atom is -0.444 e. The van der Waals surface area contributed by atoms with Crippen molar-refractivity contribution in [2.24, 2.45) is 5.92 Å². The number of hydrogen-bond acceptors (Lipinski definition) is 3. The maximum atomic E-state index is 11.6. The molecule has 0 radical (unpaired) electrons. The SMILES string of the molecule is C#CCCC(=O)C1CC(NC(=O)OC(C)(C)C)C1. The minimum atomic E-state index is -0.490. The summed E-state index contributed by atoms with van der Waals surface area (Å²) in [5.41, 5.74) is -0.490. The lowest BCUT2D eigenvalue weighted by Gasteiger charge is -2.35. The zero-order valence-corrected chi connectivity index (χ0v) is 11.3. The lowest BCUT2D eigenvalue weighted by molar-refractivity contribution is -0.125. The van der Waals surface area contributed by atoms with Crippen molar-refractivity contribution in [3.8, 4) is 12.3 Å². The predicted molar refractivity (Wildman–Crippen MR) is 69.0 cm³/mol. The Bertz CT molecular complexity index is 356. The van der Waals surface area contributed by atoms with Crippen LogP contribution in [0.2, 0.25) is 0 Å². The topological polar surface area (TPSA) is 55.4 Å². The van der Waals surface area contributed by atoms with Gasteiger partial charge in [0.1, 0.15) is 11.4 Å². The fourth-order valence-electron chi connectivity index (χ4n) is 1.87. The van der Waals surface area contributed by atoms with Gasteiger partial charge in [0.25, 0.3) is 0 Å². The molecule has 0 aliphatic heterocycles. The molecule has 0 unspecified atom stereocenters. The van der Waals surface area contributed by atoms with E-state index in [-0.39, 0.29) is 17.7 Å². The summed E-state index contributed by atoms with van der Waals surface area (Å²) in [6.45, 7) is 5.46. The van der Waals surface area contributed by atoms with Crippen LogP contribution >= 0.6 is 0 Å². The number of nitrogens with one attached hydrogen (secondary N) is 1. The molecule has 4 nitrogen and oxygen atoms in total. The van der Waals surface area contributed by atoms with Crippen molar-refractivity contribution in [3.63, 3.8) is 0 Å². The molecule has 4 heteroatoms. The van der Waals surface area contributed by atoms with Crippen molar-refractivity contribution >= 4 is 11.9 Å². The van der Waals surface area contributed by atoms with Crippen molar-refractivity contribution in [3.05, 3.63) is 0 Å². The first kappa shape index (κ1) is 14.6. The van der Waals surface area contributed by atoms with Gasteiger partial charge >= 0.3 is 6.09 Å². The number of amides is 1. The Morgan fingerprint density at radius 2 is 2.00 bits per heavy atom. The van der Waals surface area contributed by atoms with Crippen LogP contribution in [0, 0.1) is 18.3 Å². The Morgan fingerprint density at radius 3 is 2.50 bits per heavy atom. The van der Waals surface area contributed by atoms with E-state index in [1.807, 2.05) is 20.8 Å². The fraction of sp³-hybridized carbons (Fsp3) is 0.714. The van der Waals surface area contributed by atoms with E-state index in [2.05, 4.69) is 11.2 Å². The summed E-state index contributed by atoms with van der Waals surface area (Å²) in [7, 11) is 0. The van der Waals surface area contributed by atoms with E-state index in [0.29, 0.717) is 25.7 Å². The number of ketones is 1. The number of carbonyl (C=O) groups is 2. The fourth-order valence-corrected chi connectivity index (χ4v) is 1.87. The third-order valence-electron chi connectivity index (χ3n) is 2.83. The standard InChI is InChI=1S/C14H21NO3/c1-5-6-7-12(16)10-8-11(9-10)15-13(17)18-14(2,3)4/h1,10-11H,6-9H2,2-4H3,(H,15,17). The Kier molecular flexibility index (Phi) is 4.77. The highest BCUT2D eigenvalue weighted by Gasteiger charge is 2.35. The average Bonchev–Trinajstić information content (AvgIpc) is 2.16. The van der Waals surface area contributed by atoms with Gasteiger partial charge < -0.3 is 10.1 Å². The zero-order chi connectivity index (χ0) is 13.8. The lowest BCUT2D eigenvalue weighted by Crippen LogP contribution is -2.48. The van der Waals surface area contributed by atoms with Gasteiger partial charge in [0.2, 0.25) is 0 Å². The number of carbonyl (C=O) groups excluding carboxylic acids is 2. The molecule has 0 aromatic heterocycles. The Balaban J connectivity index is 2.21. The molecule has 1 amide bonds. The number of hydrogen-bond donors (Lipinski definition) is 1. The molecule has 1 aliphatic carbocycles. The Hall–Kier alpha value is -1.50. The summed E-state index contributed by atoms with van der Waals surface area (Å²) in [5, 5.41) is 2.76. The van der Waals surface area contributed by atoms with Crippen LogP contribution in [0.3, 0.4) is 0 Å². The summed E-state index contributed by atoms with van der Waals surface area (Å²) in [6.07, 6.45) is 7.04. The van der Waals surface area contributed by atoms with Crippen molar-refractivity contribution in [2.45, 2.75) is 58.1 Å². The number of alkyl carbamates (subject to hydrolysis) is 1. The molecule has 1 N–H and O–H groups in total. The number of ether oxygens (including phenoxy) is 1. The molecule has 0 atom stereocenters. The maximum Gasteiger partial charge on any atom is 0.407 e. The number of Topliss-reactive ketones (excluding diaryl/α,β-unsaturated/α-hetero) is 1. The van der Waals surface area contributed by atoms with Gasteiger partial charge in [-0.1, -0.05) is 0 Å². The largest absolute Gasteiger partial charge is 0.444 e. The van der Waals surface area contributed by atoms with Crippen molar-refractivity contribution in [1.82, 2.24) is 5.32 Å². The van der Waals surface area contributed by atoms with Gasteiger partial charge in [-0.2, -0.15) is 0 Å². The Morgan fingerprint density at radius 1 is 1.39 bits per heavy atom. The van der Waals surface area contributed by atoms with Crippen LogP contribution in [-0.4, -0.2) is 23.5 Å². The second-order valence-electron chi connectivity index (χ2n) is 5.68. The van der Waals surface area contributed by atoms with Gasteiger partial charge in [0.15, 0.2) is 0 Å². The molecule has 100 valence electrons. The van der Waals surface area contributed by atoms with E-state index in [4.69, 9.17) is 11.2 Å². The van der Waals surface area contributed by atoms with Gasteiger partial charge in [-0.3, -0.25) is 4.79 Å². The van der Waals surface area contributed by atoms with Gasteiger partial charge in [0.05, 0.1) is 0 Å². The number of terminal acetylenes is 1. The Labute approximate surface area is 108 Å².